The maximum atomic E-state index is 14.4. The molecule has 1 aromatic heterocycles. The molecule has 7 nitrogen and oxygen atoms in total. The number of benzene rings is 1. The van der Waals surface area contributed by atoms with Crippen molar-refractivity contribution in [1.82, 2.24) is 9.63 Å². The van der Waals surface area contributed by atoms with E-state index in [1.165, 1.54) is 28.1 Å². The van der Waals surface area contributed by atoms with Crippen molar-refractivity contribution in [2.45, 2.75) is 33.3 Å². The fourth-order valence-corrected chi connectivity index (χ4v) is 2.97. The minimum absolute atomic E-state index is 0.254. The summed E-state index contributed by atoms with van der Waals surface area (Å²) < 4.78 is 21.4. The molecule has 0 spiro atoms. The van der Waals surface area contributed by atoms with Crippen LogP contribution < -0.4 is 10.9 Å². The Morgan fingerprint density at radius 2 is 1.93 bits per heavy atom. The van der Waals surface area contributed by atoms with Crippen molar-refractivity contribution in [3.63, 3.8) is 0 Å². The molecule has 3 rings (SSSR count). The summed E-state index contributed by atoms with van der Waals surface area (Å²) in [6.07, 6.45) is 1.46. The van der Waals surface area contributed by atoms with Crippen LogP contribution in [-0.2, 0) is 16.6 Å². The summed E-state index contributed by atoms with van der Waals surface area (Å²) in [7, 11) is 1.62. The molecule has 0 aliphatic carbocycles. The lowest BCUT2D eigenvalue weighted by atomic mass is 10.1. The first-order valence-electron chi connectivity index (χ1n) is 9.63. The third-order valence-electron chi connectivity index (χ3n) is 4.49. The van der Waals surface area contributed by atoms with E-state index < -0.39 is 5.82 Å². The largest absolute Gasteiger partial charge is 0.373 e. The van der Waals surface area contributed by atoms with Gasteiger partial charge in [0.1, 0.15) is 18.0 Å². The molecule has 0 unspecified atom stereocenters. The van der Waals surface area contributed by atoms with Gasteiger partial charge >= 0.3 is 0 Å². The Balaban J connectivity index is 1.88. The van der Waals surface area contributed by atoms with Gasteiger partial charge in [0.15, 0.2) is 0 Å². The summed E-state index contributed by atoms with van der Waals surface area (Å²) in [5, 5.41) is 4.43. The Bertz CT molecular complexity index is 1050. The van der Waals surface area contributed by atoms with Crippen LogP contribution in [0.25, 0.3) is 5.70 Å². The molecular weight excluding hydrogens is 387 g/mol. The van der Waals surface area contributed by atoms with Gasteiger partial charge in [-0.25, -0.2) is 14.4 Å². The molecule has 0 saturated heterocycles. The zero-order valence-corrected chi connectivity index (χ0v) is 18.0. The predicted molar refractivity (Wildman–Crippen MR) is 117 cm³/mol. The van der Waals surface area contributed by atoms with Gasteiger partial charge in [-0.1, -0.05) is 12.6 Å². The van der Waals surface area contributed by atoms with Crippen LogP contribution in [0.5, 0.6) is 0 Å². The predicted octanol–water partition coefficient (Wildman–Crippen LogP) is 4.27. The molecule has 1 N–H and O–H groups in total. The van der Waals surface area contributed by atoms with E-state index in [1.54, 1.807) is 19.2 Å². The number of fused-ring (bicyclic) bond motifs is 1. The molecule has 8 heteroatoms. The number of halogens is 1. The van der Waals surface area contributed by atoms with Gasteiger partial charge in [-0.15, -0.1) is 0 Å². The van der Waals surface area contributed by atoms with Crippen LogP contribution in [-0.4, -0.2) is 34.8 Å². The van der Waals surface area contributed by atoms with E-state index in [0.29, 0.717) is 36.0 Å². The van der Waals surface area contributed by atoms with E-state index in [9.17, 15) is 9.18 Å². The summed E-state index contributed by atoms with van der Waals surface area (Å²) in [6, 6.07) is 6.23. The van der Waals surface area contributed by atoms with Gasteiger partial charge in [0.05, 0.1) is 41.5 Å². The first kappa shape index (κ1) is 21.7. The third-order valence-corrected chi connectivity index (χ3v) is 4.49. The molecule has 1 aliphatic rings. The van der Waals surface area contributed by atoms with Gasteiger partial charge < -0.3 is 10.1 Å². The second-order valence-corrected chi connectivity index (χ2v) is 8.07. The van der Waals surface area contributed by atoms with Crippen LogP contribution in [0.2, 0.25) is 0 Å². The number of anilines is 2. The summed E-state index contributed by atoms with van der Waals surface area (Å²) in [4.78, 5) is 22.5. The Kier molecular flexibility index (Phi) is 6.09. The normalized spacial score (nSPS) is 13.5. The van der Waals surface area contributed by atoms with Gasteiger partial charge in [0, 0.05) is 13.1 Å². The molecule has 0 bridgehead atoms. The first-order valence-corrected chi connectivity index (χ1v) is 9.63. The van der Waals surface area contributed by atoms with Crippen LogP contribution in [0.4, 0.5) is 21.6 Å². The van der Waals surface area contributed by atoms with Crippen LogP contribution in [0.1, 0.15) is 31.9 Å². The lowest BCUT2D eigenvalue weighted by molar-refractivity contribution is -0.0970. The quantitative estimate of drug-likeness (QED) is 0.715. The maximum Gasteiger partial charge on any atom is 0.254 e. The fourth-order valence-electron chi connectivity index (χ4n) is 2.97. The summed E-state index contributed by atoms with van der Waals surface area (Å²) in [5.41, 5.74) is 1.94. The fraction of sp³-hybridized carbons (Fsp3) is 0.364. The number of aromatic nitrogens is 1. The van der Waals surface area contributed by atoms with Crippen LogP contribution in [0.3, 0.4) is 0 Å². The second-order valence-electron chi connectivity index (χ2n) is 8.07. The number of hydrogen-bond donors (Lipinski definition) is 1. The van der Waals surface area contributed by atoms with E-state index >= 15 is 0 Å². The van der Waals surface area contributed by atoms with E-state index in [1.807, 2.05) is 27.7 Å². The summed E-state index contributed by atoms with van der Waals surface area (Å²) in [6.45, 7) is 12.5. The highest BCUT2D eigenvalue weighted by Gasteiger charge is 2.25. The average molecular weight is 414 g/mol. The summed E-state index contributed by atoms with van der Waals surface area (Å²) in [5.74, 6) is -0.00454. The molecule has 160 valence electrons. The number of nitrogens with one attached hydrogen (secondary N) is 1. The second kappa shape index (κ2) is 8.41. The van der Waals surface area contributed by atoms with Crippen molar-refractivity contribution in [2.24, 2.45) is 12.0 Å². The molecule has 1 aliphatic heterocycles. The number of rotatable bonds is 6. The lowest BCUT2D eigenvalue weighted by Crippen LogP contribution is -2.29. The number of aliphatic imine (C=N–C) groups is 1. The Hall–Kier alpha value is -2.97. The van der Waals surface area contributed by atoms with E-state index in [-0.39, 0.29) is 16.8 Å². The number of pyridine rings is 1. The molecule has 30 heavy (non-hydrogen) atoms. The maximum absolute atomic E-state index is 14.4. The average Bonchev–Trinajstić information content (AvgIpc) is 2.65. The molecule has 0 fully saturated rings. The highest BCUT2D eigenvalue weighted by Crippen LogP contribution is 2.37. The number of aryl methyl sites for hydroxylation is 1. The monoisotopic (exact) mass is 414 g/mol. The van der Waals surface area contributed by atoms with E-state index in [4.69, 9.17) is 9.57 Å². The molecule has 2 aromatic rings. The smallest absolute Gasteiger partial charge is 0.254 e. The van der Waals surface area contributed by atoms with Crippen molar-refractivity contribution in [3.05, 3.63) is 58.1 Å². The van der Waals surface area contributed by atoms with Crippen LogP contribution >= 0.6 is 0 Å². The van der Waals surface area contributed by atoms with Gasteiger partial charge in [-0.05, 0) is 45.4 Å². The standard InChI is InChI=1S/C22H27FN4O3/c1-14-7-8-17(16(23)11-14)25-18-12-19(28)26(6)21-20(18)15(2)27(13-24-21)30-10-9-29-22(3,4)5/h7-8,11-13,25H,2,9-10H2,1,3-6H3. The number of hydroxylamine groups is 2. The molecule has 0 amide bonds. The Morgan fingerprint density at radius 3 is 2.60 bits per heavy atom. The van der Waals surface area contributed by atoms with Crippen molar-refractivity contribution in [1.29, 1.82) is 0 Å². The third kappa shape index (κ3) is 4.77. The molecule has 2 heterocycles. The number of hydrogen-bond acceptors (Lipinski definition) is 6. The lowest BCUT2D eigenvalue weighted by Gasteiger charge is -2.29. The zero-order chi connectivity index (χ0) is 22.1. The molecule has 0 atom stereocenters. The SMILES string of the molecule is C=C1c2c(Nc3ccc(C)cc3F)cc(=O)n(C)c2N=CN1OCCOC(C)(C)C. The molecule has 0 saturated carbocycles. The number of nitrogens with zero attached hydrogens (tertiary/aromatic N) is 3. The van der Waals surface area contributed by atoms with E-state index in [2.05, 4.69) is 16.9 Å². The Labute approximate surface area is 175 Å². The first-order chi connectivity index (χ1) is 14.1. The highest BCUT2D eigenvalue weighted by atomic mass is 19.1. The van der Waals surface area contributed by atoms with Crippen molar-refractivity contribution < 1.29 is 14.0 Å². The molecule has 0 radical (unpaired) electrons. The van der Waals surface area contributed by atoms with Crippen molar-refractivity contribution >= 4 is 29.2 Å². The number of ether oxygens (including phenoxy) is 1. The van der Waals surface area contributed by atoms with Gasteiger partial charge in [-0.3, -0.25) is 14.2 Å². The van der Waals surface area contributed by atoms with Crippen molar-refractivity contribution in [2.75, 3.05) is 18.5 Å². The zero-order valence-electron chi connectivity index (χ0n) is 18.0. The highest BCUT2D eigenvalue weighted by molar-refractivity contribution is 5.90. The summed E-state index contributed by atoms with van der Waals surface area (Å²) >= 11 is 0. The Morgan fingerprint density at radius 1 is 1.20 bits per heavy atom. The van der Waals surface area contributed by atoms with Gasteiger partial charge in [-0.2, -0.15) is 0 Å². The minimum atomic E-state index is -0.415. The van der Waals surface area contributed by atoms with Crippen LogP contribution in [0, 0.1) is 12.7 Å². The topological polar surface area (TPSA) is 68.1 Å². The van der Waals surface area contributed by atoms with Gasteiger partial charge in [0.25, 0.3) is 5.56 Å². The van der Waals surface area contributed by atoms with Gasteiger partial charge in [0.2, 0.25) is 0 Å². The molecule has 1 aromatic carbocycles. The van der Waals surface area contributed by atoms with Crippen LogP contribution in [0.15, 0.2) is 40.6 Å². The molecular formula is C22H27FN4O3. The van der Waals surface area contributed by atoms with Crippen molar-refractivity contribution in [3.8, 4) is 0 Å². The van der Waals surface area contributed by atoms with E-state index in [0.717, 1.165) is 5.56 Å². The minimum Gasteiger partial charge on any atom is -0.373 e.